The molecule has 2 aromatic heterocycles. The molecular weight excluding hydrogens is 436 g/mol. The van der Waals surface area contributed by atoms with E-state index in [2.05, 4.69) is 9.71 Å². The SMILES string of the molecule is Cc1nc(-c2cc(S(=O)(=O)NC3CCCCC3)c(C)n2C)sc1C(=O)N1CCOCC1. The van der Waals surface area contributed by atoms with Crippen molar-refractivity contribution in [3.8, 4) is 10.7 Å². The summed E-state index contributed by atoms with van der Waals surface area (Å²) in [6.45, 7) is 5.87. The minimum absolute atomic E-state index is 0.00154. The molecule has 170 valence electrons. The summed E-state index contributed by atoms with van der Waals surface area (Å²) in [7, 11) is -1.78. The number of sulfonamides is 1. The summed E-state index contributed by atoms with van der Waals surface area (Å²) >= 11 is 1.32. The molecule has 2 fully saturated rings. The van der Waals surface area contributed by atoms with Crippen LogP contribution in [0.3, 0.4) is 0 Å². The standard InChI is InChI=1S/C21H30N4O4S2/c1-14-19(21(26)25-9-11-29-12-10-25)30-20(22-14)17-13-18(15(2)24(17)3)31(27,28)23-16-7-5-4-6-8-16/h13,16,23H,4-12H2,1-3H3. The number of morpholine rings is 1. The van der Waals surface area contributed by atoms with Crippen LogP contribution in [-0.2, 0) is 21.8 Å². The third-order valence-electron chi connectivity index (χ3n) is 6.21. The van der Waals surface area contributed by atoms with Crippen molar-refractivity contribution in [2.24, 2.45) is 7.05 Å². The lowest BCUT2D eigenvalue weighted by molar-refractivity contribution is 0.0305. The molecule has 1 aliphatic heterocycles. The number of thiazole rings is 1. The molecule has 2 aromatic rings. The number of ether oxygens (including phenoxy) is 1. The van der Waals surface area contributed by atoms with Gasteiger partial charge in [-0.2, -0.15) is 0 Å². The van der Waals surface area contributed by atoms with E-state index < -0.39 is 10.0 Å². The van der Waals surface area contributed by atoms with Crippen LogP contribution < -0.4 is 4.72 Å². The van der Waals surface area contributed by atoms with Gasteiger partial charge in [0.2, 0.25) is 10.0 Å². The highest BCUT2D eigenvalue weighted by molar-refractivity contribution is 7.89. The van der Waals surface area contributed by atoms with Gasteiger partial charge < -0.3 is 14.2 Å². The monoisotopic (exact) mass is 466 g/mol. The van der Waals surface area contributed by atoms with E-state index in [0.717, 1.165) is 25.7 Å². The predicted octanol–water partition coefficient (Wildman–Crippen LogP) is 2.85. The van der Waals surface area contributed by atoms with Crippen LogP contribution in [0.25, 0.3) is 10.7 Å². The van der Waals surface area contributed by atoms with E-state index in [1.807, 2.05) is 18.5 Å². The van der Waals surface area contributed by atoms with Crippen LogP contribution in [0.4, 0.5) is 0 Å². The zero-order valence-corrected chi connectivity index (χ0v) is 19.9. The molecule has 0 aromatic carbocycles. The molecule has 31 heavy (non-hydrogen) atoms. The Kier molecular flexibility index (Phi) is 6.52. The number of nitrogens with zero attached hydrogens (tertiary/aromatic N) is 3. The molecule has 0 spiro atoms. The van der Waals surface area contributed by atoms with Crippen LogP contribution in [0.5, 0.6) is 0 Å². The number of nitrogens with one attached hydrogen (secondary N) is 1. The molecule has 1 saturated heterocycles. The van der Waals surface area contributed by atoms with Crippen molar-refractivity contribution in [3.05, 3.63) is 22.3 Å². The van der Waals surface area contributed by atoms with Gasteiger partial charge in [0.05, 0.1) is 24.6 Å². The maximum atomic E-state index is 13.1. The van der Waals surface area contributed by atoms with Gasteiger partial charge in [-0.15, -0.1) is 11.3 Å². The van der Waals surface area contributed by atoms with Gasteiger partial charge in [0.1, 0.15) is 14.8 Å². The van der Waals surface area contributed by atoms with Gasteiger partial charge in [0, 0.05) is 31.9 Å². The first kappa shape index (κ1) is 22.4. The second-order valence-electron chi connectivity index (χ2n) is 8.33. The number of carbonyl (C=O) groups excluding carboxylic acids is 1. The molecule has 0 bridgehead atoms. The highest BCUT2D eigenvalue weighted by atomic mass is 32.2. The molecule has 4 rings (SSSR count). The molecular formula is C21H30N4O4S2. The minimum Gasteiger partial charge on any atom is -0.378 e. The Labute approximate surface area is 187 Å². The predicted molar refractivity (Wildman–Crippen MR) is 120 cm³/mol. The number of amides is 1. The molecule has 1 saturated carbocycles. The summed E-state index contributed by atoms with van der Waals surface area (Å²) in [5, 5.41) is 0.652. The first-order valence-electron chi connectivity index (χ1n) is 10.8. The highest BCUT2D eigenvalue weighted by Crippen LogP contribution is 2.33. The topological polar surface area (TPSA) is 93.5 Å². The van der Waals surface area contributed by atoms with Crippen molar-refractivity contribution in [2.45, 2.75) is 56.9 Å². The van der Waals surface area contributed by atoms with Crippen LogP contribution >= 0.6 is 11.3 Å². The smallest absolute Gasteiger partial charge is 0.266 e. The summed E-state index contributed by atoms with van der Waals surface area (Å²) in [6, 6.07) is 1.68. The van der Waals surface area contributed by atoms with Crippen molar-refractivity contribution in [1.82, 2.24) is 19.2 Å². The van der Waals surface area contributed by atoms with Crippen LogP contribution in [-0.4, -0.2) is 61.1 Å². The molecule has 0 unspecified atom stereocenters. The van der Waals surface area contributed by atoms with Crippen molar-refractivity contribution in [2.75, 3.05) is 26.3 Å². The van der Waals surface area contributed by atoms with E-state index in [-0.39, 0.29) is 16.8 Å². The van der Waals surface area contributed by atoms with Gasteiger partial charge in [-0.1, -0.05) is 19.3 Å². The Morgan fingerprint density at radius 1 is 1.19 bits per heavy atom. The normalized spacial score (nSPS) is 18.5. The fourth-order valence-corrected chi connectivity index (χ4v) is 6.95. The zero-order valence-electron chi connectivity index (χ0n) is 18.3. The van der Waals surface area contributed by atoms with E-state index in [9.17, 15) is 13.2 Å². The molecule has 10 heteroatoms. The average Bonchev–Trinajstić information content (AvgIpc) is 3.29. The second-order valence-corrected chi connectivity index (χ2v) is 11.0. The summed E-state index contributed by atoms with van der Waals surface area (Å²) in [4.78, 5) is 20.2. The van der Waals surface area contributed by atoms with Crippen molar-refractivity contribution in [1.29, 1.82) is 0 Å². The number of aryl methyl sites for hydroxylation is 1. The molecule has 0 atom stereocenters. The maximum absolute atomic E-state index is 13.1. The lowest BCUT2D eigenvalue weighted by atomic mass is 9.96. The Morgan fingerprint density at radius 2 is 1.87 bits per heavy atom. The second kappa shape index (κ2) is 9.01. The van der Waals surface area contributed by atoms with Gasteiger partial charge in [-0.25, -0.2) is 18.1 Å². The van der Waals surface area contributed by atoms with E-state index in [0.29, 0.717) is 53.3 Å². The quantitative estimate of drug-likeness (QED) is 0.731. The first-order valence-corrected chi connectivity index (χ1v) is 13.1. The Balaban J connectivity index is 1.61. The van der Waals surface area contributed by atoms with E-state index in [1.54, 1.807) is 17.9 Å². The van der Waals surface area contributed by atoms with Gasteiger partial charge in [0.25, 0.3) is 5.91 Å². The van der Waals surface area contributed by atoms with Gasteiger partial charge in [-0.05, 0) is 32.8 Å². The van der Waals surface area contributed by atoms with Crippen LogP contribution in [0.15, 0.2) is 11.0 Å². The number of hydrogen-bond donors (Lipinski definition) is 1. The summed E-state index contributed by atoms with van der Waals surface area (Å²) in [5.74, 6) is -0.0395. The first-order chi connectivity index (χ1) is 14.8. The van der Waals surface area contributed by atoms with Gasteiger partial charge in [-0.3, -0.25) is 4.79 Å². The third-order valence-corrected chi connectivity index (χ3v) is 9.02. The number of rotatable bonds is 5. The summed E-state index contributed by atoms with van der Waals surface area (Å²) in [5.41, 5.74) is 2.03. The summed E-state index contributed by atoms with van der Waals surface area (Å²) in [6.07, 6.45) is 5.06. The maximum Gasteiger partial charge on any atom is 0.266 e. The fraction of sp³-hybridized carbons (Fsp3) is 0.619. The molecule has 0 radical (unpaired) electrons. The average molecular weight is 467 g/mol. The Hall–Kier alpha value is -1.75. The van der Waals surface area contributed by atoms with Crippen LogP contribution in [0.2, 0.25) is 0 Å². The molecule has 1 aliphatic carbocycles. The van der Waals surface area contributed by atoms with E-state index in [4.69, 9.17) is 4.74 Å². The van der Waals surface area contributed by atoms with Crippen LogP contribution in [0.1, 0.15) is 53.2 Å². The largest absolute Gasteiger partial charge is 0.378 e. The highest BCUT2D eigenvalue weighted by Gasteiger charge is 2.28. The lowest BCUT2D eigenvalue weighted by Crippen LogP contribution is -2.40. The van der Waals surface area contributed by atoms with Gasteiger partial charge >= 0.3 is 0 Å². The number of hydrogen-bond acceptors (Lipinski definition) is 6. The zero-order chi connectivity index (χ0) is 22.2. The molecule has 1 amide bonds. The number of aromatic nitrogens is 2. The minimum atomic E-state index is -3.62. The fourth-order valence-electron chi connectivity index (χ4n) is 4.27. The van der Waals surface area contributed by atoms with Crippen LogP contribution in [0, 0.1) is 13.8 Å². The van der Waals surface area contributed by atoms with E-state index in [1.165, 1.54) is 17.8 Å². The molecule has 1 N–H and O–H groups in total. The van der Waals surface area contributed by atoms with Crippen molar-refractivity contribution >= 4 is 27.3 Å². The number of carbonyl (C=O) groups is 1. The lowest BCUT2D eigenvalue weighted by Gasteiger charge is -2.26. The molecule has 2 aliphatic rings. The summed E-state index contributed by atoms with van der Waals surface area (Å²) < 4.78 is 36.3. The molecule has 8 nitrogen and oxygen atoms in total. The molecule has 3 heterocycles. The Morgan fingerprint density at radius 3 is 2.55 bits per heavy atom. The van der Waals surface area contributed by atoms with Crippen molar-refractivity contribution in [3.63, 3.8) is 0 Å². The van der Waals surface area contributed by atoms with Gasteiger partial charge in [0.15, 0.2) is 0 Å². The Bertz CT molecular complexity index is 1060. The van der Waals surface area contributed by atoms with Crippen molar-refractivity contribution < 1.29 is 17.9 Å². The van der Waals surface area contributed by atoms with E-state index >= 15 is 0 Å². The third kappa shape index (κ3) is 4.57.